The molecule has 2 rings (SSSR count). The molecule has 1 aliphatic heterocycles. The minimum absolute atomic E-state index is 0.0238. The van der Waals surface area contributed by atoms with E-state index in [1.165, 1.54) is 0 Å². The first-order chi connectivity index (χ1) is 12.0. The minimum atomic E-state index is -0.770. The van der Waals surface area contributed by atoms with Crippen LogP contribution >= 0.6 is 0 Å². The van der Waals surface area contributed by atoms with Crippen molar-refractivity contribution >= 4 is 5.97 Å². The van der Waals surface area contributed by atoms with Gasteiger partial charge >= 0.3 is 5.97 Å². The third kappa shape index (κ3) is 6.15. The summed E-state index contributed by atoms with van der Waals surface area (Å²) >= 11 is 0. The molecular formula is C20H32O5. The van der Waals surface area contributed by atoms with Gasteiger partial charge in [-0.1, -0.05) is 38.3 Å². The van der Waals surface area contributed by atoms with Crippen molar-refractivity contribution in [3.05, 3.63) is 24.0 Å². The van der Waals surface area contributed by atoms with Crippen molar-refractivity contribution in [3.63, 3.8) is 0 Å². The number of aliphatic hydroxyl groups excluding tert-OH is 2. The molecule has 2 aliphatic rings. The Kier molecular flexibility index (Phi) is 7.97. The van der Waals surface area contributed by atoms with Crippen molar-refractivity contribution in [2.24, 2.45) is 11.8 Å². The molecule has 0 aromatic carbocycles. The number of unbranched alkanes of at least 4 members (excludes halogenated alkanes) is 3. The lowest BCUT2D eigenvalue weighted by atomic mass is 9.90. The Balaban J connectivity index is 1.83. The number of carboxylic acids is 1. The molecule has 1 saturated carbocycles. The van der Waals surface area contributed by atoms with E-state index in [2.05, 4.69) is 6.92 Å². The van der Waals surface area contributed by atoms with Gasteiger partial charge in [0.2, 0.25) is 0 Å². The molecule has 0 aromatic heterocycles. The van der Waals surface area contributed by atoms with Crippen LogP contribution in [0.5, 0.6) is 0 Å². The van der Waals surface area contributed by atoms with Gasteiger partial charge < -0.3 is 20.1 Å². The highest BCUT2D eigenvalue weighted by molar-refractivity contribution is 5.66. The van der Waals surface area contributed by atoms with E-state index in [1.54, 1.807) is 0 Å². The van der Waals surface area contributed by atoms with Crippen LogP contribution in [-0.2, 0) is 9.53 Å². The zero-order valence-corrected chi connectivity index (χ0v) is 15.1. The van der Waals surface area contributed by atoms with E-state index in [-0.39, 0.29) is 24.4 Å². The second-order valence-electron chi connectivity index (χ2n) is 7.31. The van der Waals surface area contributed by atoms with Crippen LogP contribution in [0.1, 0.15) is 64.7 Å². The normalized spacial score (nSPS) is 31.4. The highest BCUT2D eigenvalue weighted by atomic mass is 16.5. The predicted molar refractivity (Wildman–Crippen MR) is 96.0 cm³/mol. The summed E-state index contributed by atoms with van der Waals surface area (Å²) in [4.78, 5) is 10.5. The molecule has 3 N–H and O–H groups in total. The fourth-order valence-electron chi connectivity index (χ4n) is 3.86. The summed E-state index contributed by atoms with van der Waals surface area (Å²) in [5.41, 5.74) is 0. The lowest BCUT2D eigenvalue weighted by Crippen LogP contribution is -2.18. The number of hydrogen-bond donors (Lipinski definition) is 3. The van der Waals surface area contributed by atoms with Gasteiger partial charge in [-0.05, 0) is 25.3 Å². The monoisotopic (exact) mass is 352 g/mol. The van der Waals surface area contributed by atoms with Crippen molar-refractivity contribution in [2.45, 2.75) is 83.0 Å². The van der Waals surface area contributed by atoms with Crippen LogP contribution in [0.4, 0.5) is 0 Å². The van der Waals surface area contributed by atoms with Gasteiger partial charge in [0, 0.05) is 31.1 Å². The molecule has 1 heterocycles. The first-order valence-corrected chi connectivity index (χ1v) is 9.63. The smallest absolute Gasteiger partial charge is 0.303 e. The summed E-state index contributed by atoms with van der Waals surface area (Å²) in [5, 5.41) is 29.0. The molecule has 0 spiro atoms. The Hall–Kier alpha value is -1.33. The summed E-state index contributed by atoms with van der Waals surface area (Å²) in [6.45, 7) is 2.14. The Morgan fingerprint density at radius 1 is 1.36 bits per heavy atom. The van der Waals surface area contributed by atoms with Crippen LogP contribution in [0.2, 0.25) is 0 Å². The van der Waals surface area contributed by atoms with Gasteiger partial charge in [-0.3, -0.25) is 4.79 Å². The molecular weight excluding hydrogens is 320 g/mol. The molecule has 142 valence electrons. The highest BCUT2D eigenvalue weighted by Crippen LogP contribution is 2.45. The summed E-state index contributed by atoms with van der Waals surface area (Å²) in [7, 11) is 0. The van der Waals surface area contributed by atoms with E-state index in [1.807, 2.05) is 18.2 Å². The van der Waals surface area contributed by atoms with Crippen LogP contribution in [-0.4, -0.2) is 39.6 Å². The molecule has 0 aromatic rings. The van der Waals surface area contributed by atoms with Crippen LogP contribution < -0.4 is 0 Å². The van der Waals surface area contributed by atoms with Crippen LogP contribution in [0.25, 0.3) is 0 Å². The SMILES string of the molecule is CCCCC[C@H](O)C=C[C@@H]1[C@H]2C/C(=C\CCCC(=O)O)O[C@H]2C[C@H]1O. The van der Waals surface area contributed by atoms with E-state index in [9.17, 15) is 15.0 Å². The lowest BCUT2D eigenvalue weighted by Gasteiger charge is -2.16. The number of carbonyl (C=O) groups is 1. The maximum absolute atomic E-state index is 10.5. The Bertz CT molecular complexity index is 484. The number of rotatable bonds is 10. The number of ether oxygens (including phenoxy) is 1. The van der Waals surface area contributed by atoms with Crippen molar-refractivity contribution in [3.8, 4) is 0 Å². The number of aliphatic hydroxyl groups is 2. The third-order valence-corrected chi connectivity index (χ3v) is 5.26. The van der Waals surface area contributed by atoms with E-state index in [0.717, 1.165) is 37.9 Å². The molecule has 2 fully saturated rings. The Labute approximate surface area is 150 Å². The van der Waals surface area contributed by atoms with Gasteiger partial charge in [-0.15, -0.1) is 0 Å². The maximum atomic E-state index is 10.5. The maximum Gasteiger partial charge on any atom is 0.303 e. The molecule has 1 saturated heterocycles. The number of fused-ring (bicyclic) bond motifs is 1. The van der Waals surface area contributed by atoms with Gasteiger partial charge in [0.25, 0.3) is 0 Å². The van der Waals surface area contributed by atoms with E-state index in [0.29, 0.717) is 19.3 Å². The molecule has 0 amide bonds. The van der Waals surface area contributed by atoms with Crippen molar-refractivity contribution in [1.82, 2.24) is 0 Å². The quantitative estimate of drug-likeness (QED) is 0.414. The molecule has 5 atom stereocenters. The average molecular weight is 352 g/mol. The van der Waals surface area contributed by atoms with Gasteiger partial charge in [-0.25, -0.2) is 0 Å². The molecule has 0 unspecified atom stereocenters. The topological polar surface area (TPSA) is 87.0 Å². The lowest BCUT2D eigenvalue weighted by molar-refractivity contribution is -0.137. The summed E-state index contributed by atoms with van der Waals surface area (Å²) < 4.78 is 5.94. The van der Waals surface area contributed by atoms with E-state index < -0.39 is 18.2 Å². The molecule has 1 aliphatic carbocycles. The van der Waals surface area contributed by atoms with Crippen LogP contribution in [0.3, 0.4) is 0 Å². The van der Waals surface area contributed by atoms with Crippen LogP contribution in [0.15, 0.2) is 24.0 Å². The second-order valence-corrected chi connectivity index (χ2v) is 7.31. The third-order valence-electron chi connectivity index (χ3n) is 5.26. The van der Waals surface area contributed by atoms with Crippen molar-refractivity contribution < 1.29 is 24.9 Å². The first-order valence-electron chi connectivity index (χ1n) is 9.63. The number of aliphatic carboxylic acids is 1. The molecule has 0 radical (unpaired) electrons. The van der Waals surface area contributed by atoms with Gasteiger partial charge in [0.15, 0.2) is 0 Å². The fraction of sp³-hybridized carbons (Fsp3) is 0.750. The summed E-state index contributed by atoms with van der Waals surface area (Å²) in [6, 6.07) is 0. The molecule has 5 nitrogen and oxygen atoms in total. The molecule has 25 heavy (non-hydrogen) atoms. The second kappa shape index (κ2) is 9.97. The van der Waals surface area contributed by atoms with E-state index >= 15 is 0 Å². The number of allylic oxidation sites excluding steroid dienone is 2. The number of hydrogen-bond acceptors (Lipinski definition) is 4. The van der Waals surface area contributed by atoms with Crippen molar-refractivity contribution in [1.29, 1.82) is 0 Å². The Morgan fingerprint density at radius 2 is 2.16 bits per heavy atom. The largest absolute Gasteiger partial charge is 0.495 e. The average Bonchev–Trinajstić information content (AvgIpc) is 3.06. The first kappa shape index (κ1) is 20.0. The zero-order chi connectivity index (χ0) is 18.2. The summed E-state index contributed by atoms with van der Waals surface area (Å²) in [6.07, 6.45) is 12.0. The molecule has 0 bridgehead atoms. The fourth-order valence-corrected chi connectivity index (χ4v) is 3.86. The number of carboxylic acid groups (broad SMARTS) is 1. The van der Waals surface area contributed by atoms with Crippen molar-refractivity contribution in [2.75, 3.05) is 0 Å². The molecule has 5 heteroatoms. The van der Waals surface area contributed by atoms with Gasteiger partial charge in [0.1, 0.15) is 6.10 Å². The Morgan fingerprint density at radius 3 is 2.88 bits per heavy atom. The van der Waals surface area contributed by atoms with E-state index in [4.69, 9.17) is 9.84 Å². The highest BCUT2D eigenvalue weighted by Gasteiger charge is 2.46. The van der Waals surface area contributed by atoms with Crippen LogP contribution in [0, 0.1) is 11.8 Å². The standard InChI is InChI=1S/C20H32O5/c1-2-3-4-7-14(21)10-11-16-17-12-15(8-5-6-9-20(23)24)25-19(17)13-18(16)22/h8,10-11,14,16-19,21-22H,2-7,9,12-13H2,1H3,(H,23,24)/b11-10?,15-8+/t14-,16+,17+,18+,19-/m0/s1. The minimum Gasteiger partial charge on any atom is -0.495 e. The zero-order valence-electron chi connectivity index (χ0n) is 15.1. The summed E-state index contributed by atoms with van der Waals surface area (Å²) in [5.74, 6) is 0.429. The van der Waals surface area contributed by atoms with Gasteiger partial charge in [-0.2, -0.15) is 0 Å². The van der Waals surface area contributed by atoms with Gasteiger partial charge in [0.05, 0.1) is 18.0 Å². The predicted octanol–water partition coefficient (Wildman–Crippen LogP) is 3.41.